The SMILES string of the molecule is CCc1nn2c(c1-c1ccc(OC)cc1)NC(=O)C2CC(=O)Nc1ccc(C)c(C)c1. The summed E-state index contributed by atoms with van der Waals surface area (Å²) in [6, 6.07) is 12.7. The van der Waals surface area contributed by atoms with Crippen molar-refractivity contribution in [2.45, 2.75) is 39.7 Å². The van der Waals surface area contributed by atoms with Gasteiger partial charge in [-0.15, -0.1) is 0 Å². The Morgan fingerprint density at radius 1 is 1.16 bits per heavy atom. The minimum Gasteiger partial charge on any atom is -0.497 e. The zero-order chi connectivity index (χ0) is 22.1. The van der Waals surface area contributed by atoms with Crippen molar-refractivity contribution in [3.63, 3.8) is 0 Å². The van der Waals surface area contributed by atoms with Gasteiger partial charge in [0.25, 0.3) is 5.91 Å². The van der Waals surface area contributed by atoms with E-state index in [-0.39, 0.29) is 18.2 Å². The van der Waals surface area contributed by atoms with Crippen LogP contribution in [0.4, 0.5) is 11.5 Å². The summed E-state index contributed by atoms with van der Waals surface area (Å²) >= 11 is 0. The highest BCUT2D eigenvalue weighted by Crippen LogP contribution is 2.39. The lowest BCUT2D eigenvalue weighted by molar-refractivity contribution is -0.123. The quantitative estimate of drug-likeness (QED) is 0.626. The Morgan fingerprint density at radius 3 is 2.55 bits per heavy atom. The first kappa shape index (κ1) is 20.7. The Hall–Kier alpha value is -3.61. The smallest absolute Gasteiger partial charge is 0.251 e. The second kappa shape index (κ2) is 8.26. The minimum atomic E-state index is -0.682. The van der Waals surface area contributed by atoms with E-state index in [2.05, 4.69) is 15.7 Å². The van der Waals surface area contributed by atoms with E-state index in [4.69, 9.17) is 4.74 Å². The number of amides is 2. The highest BCUT2D eigenvalue weighted by molar-refractivity contribution is 6.04. The molecule has 0 saturated carbocycles. The largest absolute Gasteiger partial charge is 0.497 e. The summed E-state index contributed by atoms with van der Waals surface area (Å²) in [5.41, 5.74) is 5.69. The number of rotatable bonds is 6. The maximum absolute atomic E-state index is 12.7. The van der Waals surface area contributed by atoms with Crippen LogP contribution < -0.4 is 15.4 Å². The fourth-order valence-corrected chi connectivity index (χ4v) is 3.83. The highest BCUT2D eigenvalue weighted by Gasteiger charge is 2.36. The van der Waals surface area contributed by atoms with Crippen LogP contribution in [0.5, 0.6) is 5.75 Å². The molecule has 2 heterocycles. The van der Waals surface area contributed by atoms with Gasteiger partial charge in [0.05, 0.1) is 19.2 Å². The van der Waals surface area contributed by atoms with Crippen molar-refractivity contribution in [3.8, 4) is 16.9 Å². The van der Waals surface area contributed by atoms with Crippen LogP contribution in [0.3, 0.4) is 0 Å². The van der Waals surface area contributed by atoms with Crippen LogP contribution in [0, 0.1) is 13.8 Å². The fourth-order valence-electron chi connectivity index (χ4n) is 3.83. The normalized spacial score (nSPS) is 14.8. The summed E-state index contributed by atoms with van der Waals surface area (Å²) in [6.45, 7) is 6.04. The van der Waals surface area contributed by atoms with Crippen molar-refractivity contribution in [3.05, 3.63) is 59.3 Å². The molecule has 7 nitrogen and oxygen atoms in total. The summed E-state index contributed by atoms with van der Waals surface area (Å²) in [5, 5.41) is 10.5. The van der Waals surface area contributed by atoms with Crippen LogP contribution >= 0.6 is 0 Å². The van der Waals surface area contributed by atoms with Crippen LogP contribution in [0.1, 0.15) is 36.2 Å². The van der Waals surface area contributed by atoms with Gasteiger partial charge in [-0.2, -0.15) is 5.10 Å². The van der Waals surface area contributed by atoms with E-state index < -0.39 is 6.04 Å². The number of ether oxygens (including phenoxy) is 1. The lowest BCUT2D eigenvalue weighted by Crippen LogP contribution is -2.24. The lowest BCUT2D eigenvalue weighted by atomic mass is 10.0. The molecule has 3 aromatic rings. The van der Waals surface area contributed by atoms with Crippen LogP contribution in [-0.4, -0.2) is 28.7 Å². The average Bonchev–Trinajstić information content (AvgIpc) is 3.26. The summed E-state index contributed by atoms with van der Waals surface area (Å²) < 4.78 is 6.89. The van der Waals surface area contributed by atoms with E-state index in [0.29, 0.717) is 12.2 Å². The number of nitrogens with zero attached hydrogens (tertiary/aromatic N) is 2. The third kappa shape index (κ3) is 3.91. The van der Waals surface area contributed by atoms with E-state index in [1.807, 2.05) is 63.2 Å². The second-order valence-electron chi connectivity index (χ2n) is 7.75. The molecule has 1 aromatic heterocycles. The van der Waals surface area contributed by atoms with Gasteiger partial charge in [0, 0.05) is 11.3 Å². The van der Waals surface area contributed by atoms with Gasteiger partial charge < -0.3 is 15.4 Å². The molecule has 0 saturated heterocycles. The van der Waals surface area contributed by atoms with Gasteiger partial charge in [-0.05, 0) is 61.2 Å². The van der Waals surface area contributed by atoms with Crippen LogP contribution in [-0.2, 0) is 16.0 Å². The first-order chi connectivity index (χ1) is 14.9. The molecule has 0 radical (unpaired) electrons. The number of hydrogen-bond donors (Lipinski definition) is 2. The summed E-state index contributed by atoms with van der Waals surface area (Å²) in [5.74, 6) is 0.942. The van der Waals surface area contributed by atoms with E-state index in [1.54, 1.807) is 11.8 Å². The molecule has 1 aliphatic heterocycles. The van der Waals surface area contributed by atoms with Gasteiger partial charge in [-0.1, -0.05) is 25.1 Å². The molecular formula is C24H26N4O3. The number of fused-ring (bicyclic) bond motifs is 1. The molecule has 0 aliphatic carbocycles. The second-order valence-corrected chi connectivity index (χ2v) is 7.75. The first-order valence-corrected chi connectivity index (χ1v) is 10.3. The van der Waals surface area contributed by atoms with Gasteiger partial charge in [0.2, 0.25) is 5.91 Å². The first-order valence-electron chi connectivity index (χ1n) is 10.3. The average molecular weight is 418 g/mol. The van der Waals surface area contributed by atoms with Crippen molar-refractivity contribution in [1.29, 1.82) is 0 Å². The summed E-state index contributed by atoms with van der Waals surface area (Å²) in [7, 11) is 1.62. The fraction of sp³-hybridized carbons (Fsp3) is 0.292. The Labute approximate surface area is 181 Å². The topological polar surface area (TPSA) is 85.2 Å². The molecule has 2 amide bonds. The van der Waals surface area contributed by atoms with E-state index >= 15 is 0 Å². The lowest BCUT2D eigenvalue weighted by Gasteiger charge is -2.11. The number of nitrogens with one attached hydrogen (secondary N) is 2. The molecule has 160 valence electrons. The number of aryl methyl sites for hydroxylation is 3. The van der Waals surface area contributed by atoms with Gasteiger partial charge >= 0.3 is 0 Å². The molecule has 1 aliphatic rings. The van der Waals surface area contributed by atoms with Gasteiger partial charge in [0.1, 0.15) is 17.6 Å². The molecule has 31 heavy (non-hydrogen) atoms. The molecule has 1 unspecified atom stereocenters. The minimum absolute atomic E-state index is 0.0125. The number of methoxy groups -OCH3 is 1. The maximum atomic E-state index is 12.7. The zero-order valence-corrected chi connectivity index (χ0v) is 18.2. The summed E-state index contributed by atoms with van der Waals surface area (Å²) in [6.07, 6.45) is 0.720. The van der Waals surface area contributed by atoms with Gasteiger partial charge in [0.15, 0.2) is 0 Å². The molecule has 7 heteroatoms. The third-order valence-electron chi connectivity index (χ3n) is 5.71. The molecule has 1 atom stereocenters. The zero-order valence-electron chi connectivity index (χ0n) is 18.2. The number of benzene rings is 2. The number of carbonyl (C=O) groups is 2. The van der Waals surface area contributed by atoms with Gasteiger partial charge in [-0.25, -0.2) is 4.68 Å². The summed E-state index contributed by atoms with van der Waals surface area (Å²) in [4.78, 5) is 25.4. The maximum Gasteiger partial charge on any atom is 0.251 e. The monoisotopic (exact) mass is 418 g/mol. The van der Waals surface area contributed by atoms with Crippen molar-refractivity contribution < 1.29 is 14.3 Å². The molecular weight excluding hydrogens is 392 g/mol. The molecule has 4 rings (SSSR count). The number of hydrogen-bond acceptors (Lipinski definition) is 4. The molecule has 0 spiro atoms. The molecule has 2 aromatic carbocycles. The highest BCUT2D eigenvalue weighted by atomic mass is 16.5. The molecule has 0 bridgehead atoms. The predicted molar refractivity (Wildman–Crippen MR) is 120 cm³/mol. The Morgan fingerprint density at radius 2 is 1.90 bits per heavy atom. The number of anilines is 2. The van der Waals surface area contributed by atoms with Crippen molar-refractivity contribution in [1.82, 2.24) is 9.78 Å². The number of aromatic nitrogens is 2. The molecule has 2 N–H and O–H groups in total. The third-order valence-corrected chi connectivity index (χ3v) is 5.71. The van der Waals surface area contributed by atoms with Gasteiger partial charge in [-0.3, -0.25) is 9.59 Å². The van der Waals surface area contributed by atoms with Crippen molar-refractivity contribution >= 4 is 23.3 Å². The van der Waals surface area contributed by atoms with E-state index in [0.717, 1.165) is 39.4 Å². The van der Waals surface area contributed by atoms with E-state index in [1.165, 1.54) is 0 Å². The molecule has 0 fully saturated rings. The Bertz CT molecular complexity index is 1150. The Kier molecular flexibility index (Phi) is 5.50. The van der Waals surface area contributed by atoms with Crippen molar-refractivity contribution in [2.75, 3.05) is 17.7 Å². The van der Waals surface area contributed by atoms with Crippen LogP contribution in [0.15, 0.2) is 42.5 Å². The van der Waals surface area contributed by atoms with Crippen molar-refractivity contribution in [2.24, 2.45) is 0 Å². The van der Waals surface area contributed by atoms with Crippen LogP contribution in [0.25, 0.3) is 11.1 Å². The number of carbonyl (C=O) groups excluding carboxylic acids is 2. The van der Waals surface area contributed by atoms with E-state index in [9.17, 15) is 9.59 Å². The van der Waals surface area contributed by atoms with Crippen LogP contribution in [0.2, 0.25) is 0 Å². The predicted octanol–water partition coefficient (Wildman–Crippen LogP) is 4.26. The standard InChI is InChI=1S/C24H26N4O3/c1-5-19-22(16-7-10-18(31-4)11-8-16)23-26-24(30)20(28(23)27-19)13-21(29)25-17-9-6-14(2)15(3)12-17/h6-12,20H,5,13H2,1-4H3,(H,25,29)(H,26,30). The Balaban J connectivity index is 1.59.